The van der Waals surface area contributed by atoms with Gasteiger partial charge in [-0.25, -0.2) is 19.6 Å². The van der Waals surface area contributed by atoms with Crippen molar-refractivity contribution < 1.29 is 33.4 Å². The van der Waals surface area contributed by atoms with Crippen LogP contribution in [0.25, 0.3) is 33.6 Å². The van der Waals surface area contributed by atoms with Gasteiger partial charge in [0.15, 0.2) is 5.69 Å². The van der Waals surface area contributed by atoms with Crippen molar-refractivity contribution in [2.75, 3.05) is 40.9 Å². The van der Waals surface area contributed by atoms with Gasteiger partial charge in [-0.05, 0) is 42.9 Å². The van der Waals surface area contributed by atoms with Gasteiger partial charge in [-0.3, -0.25) is 14.4 Å². The molecule has 0 spiro atoms. The molecule has 0 aliphatic carbocycles. The average molecular weight is 728 g/mol. The molecule has 1 fully saturated rings. The van der Waals surface area contributed by atoms with Gasteiger partial charge < -0.3 is 45.2 Å². The number of likely N-dealkylation sites (tertiary alicyclic amines) is 1. The number of aromatic amines is 2. The fraction of sp³-hybridized carbons (Fsp3) is 0.378. The van der Waals surface area contributed by atoms with Gasteiger partial charge >= 0.3 is 12.2 Å². The first kappa shape index (κ1) is 38.1. The van der Waals surface area contributed by atoms with E-state index in [1.54, 1.807) is 22.9 Å². The first-order chi connectivity index (χ1) is 25.6. The molecule has 5 rings (SSSR count). The van der Waals surface area contributed by atoms with E-state index in [-0.39, 0.29) is 42.5 Å². The van der Waals surface area contributed by atoms with Crippen molar-refractivity contribution in [2.45, 2.75) is 51.7 Å². The molecule has 1 saturated heterocycles. The van der Waals surface area contributed by atoms with Gasteiger partial charge in [0, 0.05) is 25.7 Å². The Kier molecular flexibility index (Phi) is 12.5. The summed E-state index contributed by atoms with van der Waals surface area (Å²) in [4.78, 5) is 80.9. The summed E-state index contributed by atoms with van der Waals surface area (Å²) in [6, 6.07) is 14.7. The normalized spacial score (nSPS) is 14.3. The molecule has 0 saturated carbocycles. The number of carbonyl (C=O) groups is 5. The lowest BCUT2D eigenvalue weighted by Gasteiger charge is -2.24. The molecule has 0 unspecified atom stereocenters. The van der Waals surface area contributed by atoms with Crippen molar-refractivity contribution in [1.82, 2.24) is 45.7 Å². The number of nitrogens with zero attached hydrogens (tertiary/aromatic N) is 4. The number of hydrogen-bond acceptors (Lipinski definition) is 9. The molecule has 2 aromatic carbocycles. The van der Waals surface area contributed by atoms with Gasteiger partial charge in [0.2, 0.25) is 11.8 Å². The minimum Gasteiger partial charge on any atom is -0.453 e. The lowest BCUT2D eigenvalue weighted by atomic mass is 10.0. The maximum atomic E-state index is 13.2. The minimum absolute atomic E-state index is 0.109. The molecule has 2 atom stereocenters. The minimum atomic E-state index is -0.815. The third kappa shape index (κ3) is 9.01. The molecule has 280 valence electrons. The molecule has 1 aliphatic heterocycles. The molecule has 0 radical (unpaired) electrons. The van der Waals surface area contributed by atoms with Gasteiger partial charge in [-0.2, -0.15) is 0 Å². The summed E-state index contributed by atoms with van der Waals surface area (Å²) >= 11 is 0. The number of carbonyl (C=O) groups excluding carboxylic acids is 5. The van der Waals surface area contributed by atoms with Crippen LogP contribution in [0.5, 0.6) is 0 Å². The number of imidazole rings is 2. The third-order valence-electron chi connectivity index (χ3n) is 8.99. The highest BCUT2D eigenvalue weighted by Crippen LogP contribution is 2.32. The summed E-state index contributed by atoms with van der Waals surface area (Å²) in [7, 11) is 4.01. The molecule has 53 heavy (non-hydrogen) atoms. The summed E-state index contributed by atoms with van der Waals surface area (Å²) < 4.78 is 9.19. The second-order valence-corrected chi connectivity index (χ2v) is 12.5. The van der Waals surface area contributed by atoms with E-state index in [1.807, 2.05) is 55.5 Å². The Morgan fingerprint density at radius 3 is 2.21 bits per heavy atom. The third-order valence-corrected chi connectivity index (χ3v) is 8.99. The highest BCUT2D eigenvalue weighted by atomic mass is 16.5. The van der Waals surface area contributed by atoms with Crippen LogP contribution in [0.15, 0.2) is 54.7 Å². The zero-order valence-corrected chi connectivity index (χ0v) is 30.4. The second-order valence-electron chi connectivity index (χ2n) is 12.5. The van der Waals surface area contributed by atoms with Crippen molar-refractivity contribution in [3.63, 3.8) is 0 Å². The van der Waals surface area contributed by atoms with Crippen LogP contribution >= 0.6 is 0 Å². The van der Waals surface area contributed by atoms with E-state index in [0.29, 0.717) is 36.9 Å². The number of rotatable bonds is 13. The lowest BCUT2D eigenvalue weighted by molar-refractivity contribution is -0.133. The number of H-pyrrole nitrogens is 2. The lowest BCUT2D eigenvalue weighted by Crippen LogP contribution is -2.47. The van der Waals surface area contributed by atoms with Crippen LogP contribution in [-0.2, 0) is 25.6 Å². The molecule has 5 amide bonds. The molecule has 4 aromatic rings. The number of benzene rings is 2. The van der Waals surface area contributed by atoms with Crippen LogP contribution in [-0.4, -0.2) is 107 Å². The van der Waals surface area contributed by atoms with Crippen molar-refractivity contribution in [3.8, 4) is 33.6 Å². The van der Waals surface area contributed by atoms with Crippen molar-refractivity contribution >= 4 is 29.9 Å². The van der Waals surface area contributed by atoms with Gasteiger partial charge in [-0.1, -0.05) is 55.5 Å². The largest absolute Gasteiger partial charge is 0.453 e. The summed E-state index contributed by atoms with van der Waals surface area (Å²) in [5, 5.41) is 7.59. The zero-order chi connectivity index (χ0) is 38.1. The number of amides is 5. The monoisotopic (exact) mass is 727 g/mol. The summed E-state index contributed by atoms with van der Waals surface area (Å²) in [6.45, 7) is 4.49. The number of ether oxygens (including phenoxy) is 2. The van der Waals surface area contributed by atoms with Crippen molar-refractivity contribution in [2.24, 2.45) is 0 Å². The van der Waals surface area contributed by atoms with E-state index in [0.717, 1.165) is 40.8 Å². The Labute approximate surface area is 307 Å². The van der Waals surface area contributed by atoms with E-state index in [2.05, 4.69) is 45.4 Å². The zero-order valence-electron chi connectivity index (χ0n) is 30.4. The first-order valence-electron chi connectivity index (χ1n) is 17.4. The van der Waals surface area contributed by atoms with Gasteiger partial charge in [0.05, 0.1) is 44.4 Å². The predicted molar refractivity (Wildman–Crippen MR) is 195 cm³/mol. The maximum absolute atomic E-state index is 13.2. The number of nitrogens with one attached hydrogen (secondary N) is 5. The number of methoxy groups -OCH3 is 2. The number of hydrogen-bond donors (Lipinski definition) is 5. The number of aromatic nitrogens is 4. The summed E-state index contributed by atoms with van der Waals surface area (Å²) in [6.07, 6.45) is 2.68. The fourth-order valence-electron chi connectivity index (χ4n) is 6.27. The fourth-order valence-corrected chi connectivity index (χ4v) is 6.27. The van der Waals surface area contributed by atoms with Gasteiger partial charge in [0.25, 0.3) is 5.91 Å². The SMILES string of the molecule is CCCN(Cc1nc(C(=O)NC)c(-c2ccc(-c3ccc(-c4cnc([C@@H]5CCCN5C(=O)CNC(=O)OC)[nH]4)cc3)cc2)[nH]1)C(=O)[C@H](C)NC(=O)OC. The highest BCUT2D eigenvalue weighted by Gasteiger charge is 2.32. The van der Waals surface area contributed by atoms with Gasteiger partial charge in [-0.15, -0.1) is 0 Å². The van der Waals surface area contributed by atoms with Crippen molar-refractivity contribution in [1.29, 1.82) is 0 Å². The molecule has 5 N–H and O–H groups in total. The van der Waals surface area contributed by atoms with E-state index in [1.165, 1.54) is 21.3 Å². The Balaban J connectivity index is 1.29. The number of alkyl carbamates (subject to hydrolysis) is 2. The Bertz CT molecular complexity index is 1920. The molecular formula is C37H45N9O7. The smallest absolute Gasteiger partial charge is 0.407 e. The van der Waals surface area contributed by atoms with Crippen LogP contribution in [0.2, 0.25) is 0 Å². The molecular weight excluding hydrogens is 682 g/mol. The van der Waals surface area contributed by atoms with Gasteiger partial charge in [0.1, 0.15) is 24.2 Å². The van der Waals surface area contributed by atoms with Crippen LogP contribution < -0.4 is 16.0 Å². The topological polar surface area (TPSA) is 204 Å². The molecule has 1 aliphatic rings. The molecule has 0 bridgehead atoms. The van der Waals surface area contributed by atoms with Crippen molar-refractivity contribution in [3.05, 3.63) is 72.1 Å². The molecule has 2 aromatic heterocycles. The van der Waals surface area contributed by atoms with Crippen LogP contribution in [0.1, 0.15) is 61.3 Å². The Morgan fingerprint density at radius 2 is 1.58 bits per heavy atom. The predicted octanol–water partition coefficient (Wildman–Crippen LogP) is 4.00. The maximum Gasteiger partial charge on any atom is 0.407 e. The Morgan fingerprint density at radius 1 is 0.943 bits per heavy atom. The van der Waals surface area contributed by atoms with Crippen LogP contribution in [0.3, 0.4) is 0 Å². The summed E-state index contributed by atoms with van der Waals surface area (Å²) in [5.74, 6) is 0.238. The standard InChI is InChI=1S/C37H45N9O7/c1-6-17-45(35(49)22(2)41-37(51)53-5)21-29-43-31(32(44-29)34(48)38-3)26-15-11-24(12-16-26)23-9-13-25(14-10-23)27-19-39-33(42-27)28-8-7-18-46(28)30(47)20-40-36(50)52-4/h9-16,19,22,28H,6-8,17-18,20-21H2,1-5H3,(H,38,48)(H,39,42)(H,40,50)(H,41,51)(H,43,44)/t22-,28-/m0/s1. The van der Waals surface area contributed by atoms with Crippen LogP contribution in [0.4, 0.5) is 9.59 Å². The molecule has 16 heteroatoms. The second kappa shape index (κ2) is 17.4. The summed E-state index contributed by atoms with van der Waals surface area (Å²) in [5.41, 5.74) is 5.14. The average Bonchev–Trinajstić information content (AvgIpc) is 3.96. The molecule has 16 nitrogen and oxygen atoms in total. The van der Waals surface area contributed by atoms with E-state index >= 15 is 0 Å². The first-order valence-corrected chi connectivity index (χ1v) is 17.4. The Hall–Kier alpha value is -6.19. The van der Waals surface area contributed by atoms with Crippen LogP contribution in [0, 0.1) is 0 Å². The van der Waals surface area contributed by atoms with E-state index in [4.69, 9.17) is 0 Å². The van der Waals surface area contributed by atoms with E-state index in [9.17, 15) is 24.0 Å². The quantitative estimate of drug-likeness (QED) is 0.135. The highest BCUT2D eigenvalue weighted by molar-refractivity contribution is 5.98. The van der Waals surface area contributed by atoms with E-state index < -0.39 is 18.2 Å². The molecule has 3 heterocycles.